The molecule has 1 saturated heterocycles. The molecule has 1 N–H and O–H groups in total. The molecular formula is C14H23N3O2. The number of hydrogen-bond acceptors (Lipinski definition) is 5. The average molecular weight is 265 g/mol. The first-order chi connectivity index (χ1) is 9.28. The molecule has 1 aliphatic heterocycles. The van der Waals surface area contributed by atoms with Crippen molar-refractivity contribution < 1.29 is 9.47 Å². The van der Waals surface area contributed by atoms with Crippen LogP contribution in [0.15, 0.2) is 6.07 Å². The summed E-state index contributed by atoms with van der Waals surface area (Å²) >= 11 is 0. The number of piperidine rings is 1. The summed E-state index contributed by atoms with van der Waals surface area (Å²) in [7, 11) is 0. The monoisotopic (exact) mass is 265 g/mol. The largest absolute Gasteiger partial charge is 0.478 e. The summed E-state index contributed by atoms with van der Waals surface area (Å²) in [4.78, 5) is 8.57. The Labute approximate surface area is 114 Å². The molecule has 0 bridgehead atoms. The number of nitrogens with one attached hydrogen (secondary N) is 1. The predicted molar refractivity (Wildman–Crippen MR) is 73.6 cm³/mol. The maximum atomic E-state index is 5.70. The number of nitrogens with zero attached hydrogens (tertiary/aromatic N) is 2. The Morgan fingerprint density at radius 2 is 2.26 bits per heavy atom. The van der Waals surface area contributed by atoms with Gasteiger partial charge in [0.15, 0.2) is 0 Å². The molecule has 0 aliphatic carbocycles. The minimum atomic E-state index is 0.427. The van der Waals surface area contributed by atoms with E-state index >= 15 is 0 Å². The molecule has 1 aromatic rings. The van der Waals surface area contributed by atoms with Crippen molar-refractivity contribution in [1.82, 2.24) is 15.3 Å². The van der Waals surface area contributed by atoms with Crippen LogP contribution in [0.2, 0.25) is 0 Å². The highest BCUT2D eigenvalue weighted by Gasteiger charge is 2.14. The van der Waals surface area contributed by atoms with E-state index in [-0.39, 0.29) is 0 Å². The zero-order valence-corrected chi connectivity index (χ0v) is 11.8. The van der Waals surface area contributed by atoms with Gasteiger partial charge in [0.2, 0.25) is 5.88 Å². The molecular weight excluding hydrogens is 242 g/mol. The second kappa shape index (κ2) is 7.28. The van der Waals surface area contributed by atoms with Crippen LogP contribution in [0.4, 0.5) is 0 Å². The first-order valence-electron chi connectivity index (χ1n) is 7.10. The lowest BCUT2D eigenvalue weighted by molar-refractivity contribution is 0.201. The van der Waals surface area contributed by atoms with Gasteiger partial charge < -0.3 is 14.8 Å². The van der Waals surface area contributed by atoms with Gasteiger partial charge in [-0.3, -0.25) is 0 Å². The highest BCUT2D eigenvalue weighted by molar-refractivity contribution is 5.17. The van der Waals surface area contributed by atoms with Gasteiger partial charge in [0, 0.05) is 24.2 Å². The summed E-state index contributed by atoms with van der Waals surface area (Å²) < 4.78 is 11.2. The van der Waals surface area contributed by atoms with Crippen molar-refractivity contribution in [2.75, 3.05) is 26.3 Å². The fourth-order valence-electron chi connectivity index (χ4n) is 2.12. The third-order valence-corrected chi connectivity index (χ3v) is 3.11. The molecule has 5 nitrogen and oxygen atoms in total. The fraction of sp³-hybridized carbons (Fsp3) is 0.714. The van der Waals surface area contributed by atoms with Crippen LogP contribution >= 0.6 is 0 Å². The predicted octanol–water partition coefficient (Wildman–Crippen LogP) is 1.95. The normalized spacial score (nSPS) is 19.2. The van der Waals surface area contributed by atoms with Gasteiger partial charge in [-0.25, -0.2) is 4.98 Å². The summed E-state index contributed by atoms with van der Waals surface area (Å²) in [5.41, 5.74) is 0.873. The Morgan fingerprint density at radius 1 is 1.37 bits per heavy atom. The second-order valence-corrected chi connectivity index (χ2v) is 5.00. The molecule has 19 heavy (non-hydrogen) atoms. The van der Waals surface area contributed by atoms with E-state index < -0.39 is 0 Å². The van der Waals surface area contributed by atoms with Crippen molar-refractivity contribution in [3.63, 3.8) is 0 Å². The van der Waals surface area contributed by atoms with E-state index in [4.69, 9.17) is 9.47 Å². The zero-order chi connectivity index (χ0) is 13.5. The number of rotatable bonds is 6. The van der Waals surface area contributed by atoms with E-state index in [1.165, 1.54) is 12.8 Å². The molecule has 2 rings (SSSR count). The molecule has 0 spiro atoms. The first kappa shape index (κ1) is 14.1. The Bertz CT molecular complexity index is 392. The molecule has 106 valence electrons. The number of aryl methyl sites for hydroxylation is 1. The van der Waals surface area contributed by atoms with Crippen molar-refractivity contribution >= 4 is 0 Å². The highest BCUT2D eigenvalue weighted by atomic mass is 16.5. The lowest BCUT2D eigenvalue weighted by Gasteiger charge is -2.22. The highest BCUT2D eigenvalue weighted by Crippen LogP contribution is 2.16. The summed E-state index contributed by atoms with van der Waals surface area (Å²) in [5.74, 6) is 1.16. The van der Waals surface area contributed by atoms with E-state index in [0.717, 1.165) is 25.2 Å². The van der Waals surface area contributed by atoms with Crippen LogP contribution < -0.4 is 14.8 Å². The molecule has 1 aliphatic rings. The van der Waals surface area contributed by atoms with Gasteiger partial charge in [-0.05, 0) is 32.7 Å². The summed E-state index contributed by atoms with van der Waals surface area (Å²) in [6.07, 6.45) is 3.39. The maximum absolute atomic E-state index is 5.70. The molecule has 0 saturated carbocycles. The van der Waals surface area contributed by atoms with Gasteiger partial charge in [-0.2, -0.15) is 4.98 Å². The van der Waals surface area contributed by atoms with Crippen LogP contribution in [0.25, 0.3) is 0 Å². The molecule has 1 fully saturated rings. The standard InChI is InChI=1S/C14H23N3O2/c1-3-7-18-13-8-11(2)16-14(17-13)19-10-12-5-4-6-15-9-12/h8,12,15H,3-7,9-10H2,1-2H3. The summed E-state index contributed by atoms with van der Waals surface area (Å²) in [6, 6.07) is 2.27. The van der Waals surface area contributed by atoms with Crippen molar-refractivity contribution in [2.24, 2.45) is 5.92 Å². The Balaban J connectivity index is 1.89. The van der Waals surface area contributed by atoms with Crippen LogP contribution in [0, 0.1) is 12.8 Å². The van der Waals surface area contributed by atoms with E-state index in [1.54, 1.807) is 0 Å². The van der Waals surface area contributed by atoms with Gasteiger partial charge in [0.25, 0.3) is 0 Å². The number of hydrogen-bond donors (Lipinski definition) is 1. The molecule has 1 unspecified atom stereocenters. The maximum Gasteiger partial charge on any atom is 0.319 e. The summed E-state index contributed by atoms with van der Waals surface area (Å²) in [6.45, 7) is 7.47. The van der Waals surface area contributed by atoms with E-state index in [2.05, 4.69) is 22.2 Å². The average Bonchev–Trinajstić information content (AvgIpc) is 2.43. The molecule has 1 aromatic heterocycles. The summed E-state index contributed by atoms with van der Waals surface area (Å²) in [5, 5.41) is 3.38. The zero-order valence-electron chi connectivity index (χ0n) is 11.8. The molecule has 1 atom stereocenters. The second-order valence-electron chi connectivity index (χ2n) is 5.00. The fourth-order valence-corrected chi connectivity index (χ4v) is 2.12. The Kier molecular flexibility index (Phi) is 5.39. The van der Waals surface area contributed by atoms with Gasteiger partial charge in [-0.1, -0.05) is 6.92 Å². The van der Waals surface area contributed by atoms with Crippen LogP contribution in [-0.2, 0) is 0 Å². The lowest BCUT2D eigenvalue weighted by atomic mass is 10.0. The van der Waals surface area contributed by atoms with Crippen LogP contribution in [0.5, 0.6) is 11.9 Å². The van der Waals surface area contributed by atoms with Crippen molar-refractivity contribution in [3.05, 3.63) is 11.8 Å². The van der Waals surface area contributed by atoms with Crippen molar-refractivity contribution in [2.45, 2.75) is 33.1 Å². The lowest BCUT2D eigenvalue weighted by Crippen LogP contribution is -2.33. The van der Waals surface area contributed by atoms with Gasteiger partial charge in [0.05, 0.1) is 13.2 Å². The molecule has 0 radical (unpaired) electrons. The van der Waals surface area contributed by atoms with E-state index in [0.29, 0.717) is 31.0 Å². The third kappa shape index (κ3) is 4.67. The minimum Gasteiger partial charge on any atom is -0.478 e. The first-order valence-corrected chi connectivity index (χ1v) is 7.10. The Morgan fingerprint density at radius 3 is 3.00 bits per heavy atom. The third-order valence-electron chi connectivity index (χ3n) is 3.11. The topological polar surface area (TPSA) is 56.3 Å². The van der Waals surface area contributed by atoms with Crippen LogP contribution in [0.3, 0.4) is 0 Å². The van der Waals surface area contributed by atoms with Crippen molar-refractivity contribution in [3.8, 4) is 11.9 Å². The van der Waals surface area contributed by atoms with Crippen LogP contribution in [0.1, 0.15) is 31.9 Å². The molecule has 0 amide bonds. The van der Waals surface area contributed by atoms with Crippen molar-refractivity contribution in [1.29, 1.82) is 0 Å². The van der Waals surface area contributed by atoms with Gasteiger partial charge in [0.1, 0.15) is 0 Å². The minimum absolute atomic E-state index is 0.427. The molecule has 2 heterocycles. The quantitative estimate of drug-likeness (QED) is 0.852. The number of aromatic nitrogens is 2. The molecule has 0 aromatic carbocycles. The SMILES string of the molecule is CCCOc1cc(C)nc(OCC2CCCNC2)n1. The number of ether oxygens (including phenoxy) is 2. The van der Waals surface area contributed by atoms with E-state index in [9.17, 15) is 0 Å². The van der Waals surface area contributed by atoms with Gasteiger partial charge in [-0.15, -0.1) is 0 Å². The van der Waals surface area contributed by atoms with E-state index in [1.807, 2.05) is 13.0 Å². The van der Waals surface area contributed by atoms with Crippen LogP contribution in [-0.4, -0.2) is 36.3 Å². The smallest absolute Gasteiger partial charge is 0.319 e. The molecule has 5 heteroatoms. The van der Waals surface area contributed by atoms with Gasteiger partial charge >= 0.3 is 6.01 Å². The Hall–Kier alpha value is -1.36.